The zero-order chi connectivity index (χ0) is 13.7. The van der Waals surface area contributed by atoms with Gasteiger partial charge in [0.05, 0.1) is 24.4 Å². The Balaban J connectivity index is 1.41. The van der Waals surface area contributed by atoms with Gasteiger partial charge >= 0.3 is 0 Å². The second kappa shape index (κ2) is 4.68. The number of morpholine rings is 1. The van der Waals surface area contributed by atoms with Crippen LogP contribution < -0.4 is 5.32 Å². The Morgan fingerprint density at radius 1 is 1.45 bits per heavy atom. The van der Waals surface area contributed by atoms with Crippen molar-refractivity contribution < 1.29 is 9.53 Å². The largest absolute Gasteiger partial charge is 0.373 e. The van der Waals surface area contributed by atoms with E-state index >= 15 is 0 Å². The average Bonchev–Trinajstić information content (AvgIpc) is 3.01. The molecule has 20 heavy (non-hydrogen) atoms. The van der Waals surface area contributed by atoms with E-state index < -0.39 is 0 Å². The number of fused-ring (bicyclic) bond motifs is 1. The number of rotatable bonds is 3. The number of hydrogen-bond acceptors (Lipinski definition) is 4. The van der Waals surface area contributed by atoms with Gasteiger partial charge in [-0.05, 0) is 38.6 Å². The third kappa shape index (κ3) is 1.98. The second-order valence-electron chi connectivity index (χ2n) is 6.85. The standard InChI is InChI=1S/C15H25N3O2/c1-2-13-16-15(5-6-15)14(19)18(13)9-12-8-17-7-3-4-11(17)10-20-12/h11-13,16H,2-10H2,1H3. The minimum atomic E-state index is -0.189. The van der Waals surface area contributed by atoms with Crippen LogP contribution >= 0.6 is 0 Å². The summed E-state index contributed by atoms with van der Waals surface area (Å²) in [6.07, 6.45) is 5.98. The SMILES string of the molecule is CCC1NC2(CC2)C(=O)N1CC1CN2CCCC2CO1. The number of carbonyl (C=O) groups excluding carboxylic acids is 1. The van der Waals surface area contributed by atoms with Crippen molar-refractivity contribution in [3.8, 4) is 0 Å². The normalized spacial score (nSPS) is 39.5. The summed E-state index contributed by atoms with van der Waals surface area (Å²) in [7, 11) is 0. The Kier molecular flexibility index (Phi) is 3.05. The van der Waals surface area contributed by atoms with Crippen molar-refractivity contribution in [1.29, 1.82) is 0 Å². The van der Waals surface area contributed by atoms with E-state index in [1.807, 2.05) is 4.90 Å². The summed E-state index contributed by atoms with van der Waals surface area (Å²) in [6, 6.07) is 0.635. The van der Waals surface area contributed by atoms with E-state index in [1.165, 1.54) is 19.4 Å². The summed E-state index contributed by atoms with van der Waals surface area (Å²) < 4.78 is 6.02. The Bertz CT molecular complexity index is 410. The van der Waals surface area contributed by atoms with Crippen molar-refractivity contribution in [1.82, 2.24) is 15.1 Å². The van der Waals surface area contributed by atoms with E-state index in [0.29, 0.717) is 11.9 Å². The van der Waals surface area contributed by atoms with Crippen molar-refractivity contribution in [2.45, 2.75) is 62.9 Å². The van der Waals surface area contributed by atoms with Crippen LogP contribution in [0.4, 0.5) is 0 Å². The van der Waals surface area contributed by atoms with Gasteiger partial charge < -0.3 is 9.64 Å². The summed E-state index contributed by atoms with van der Waals surface area (Å²) >= 11 is 0. The zero-order valence-corrected chi connectivity index (χ0v) is 12.3. The van der Waals surface area contributed by atoms with Crippen LogP contribution in [0.25, 0.3) is 0 Å². The summed E-state index contributed by atoms with van der Waals surface area (Å²) in [5.74, 6) is 0.316. The van der Waals surface area contributed by atoms with Gasteiger partial charge in [0.2, 0.25) is 5.91 Å². The highest BCUT2D eigenvalue weighted by molar-refractivity contribution is 5.91. The maximum atomic E-state index is 12.6. The Hall–Kier alpha value is -0.650. The molecule has 112 valence electrons. The van der Waals surface area contributed by atoms with Crippen molar-refractivity contribution in [2.24, 2.45) is 0 Å². The maximum Gasteiger partial charge on any atom is 0.244 e. The maximum absolute atomic E-state index is 12.6. The van der Waals surface area contributed by atoms with Gasteiger partial charge in [-0.3, -0.25) is 15.0 Å². The molecule has 4 aliphatic rings. The van der Waals surface area contributed by atoms with Gasteiger partial charge in [-0.1, -0.05) is 6.92 Å². The lowest BCUT2D eigenvalue weighted by Gasteiger charge is -2.37. The molecule has 4 rings (SSSR count). The van der Waals surface area contributed by atoms with Crippen LogP contribution in [0.15, 0.2) is 0 Å². The topological polar surface area (TPSA) is 44.8 Å². The summed E-state index contributed by atoms with van der Waals surface area (Å²) in [5, 5.41) is 3.53. The number of hydrogen-bond donors (Lipinski definition) is 1. The number of carbonyl (C=O) groups is 1. The third-order valence-corrected chi connectivity index (χ3v) is 5.49. The number of nitrogens with zero attached hydrogens (tertiary/aromatic N) is 2. The Morgan fingerprint density at radius 2 is 2.30 bits per heavy atom. The molecule has 0 aromatic carbocycles. The van der Waals surface area contributed by atoms with Crippen molar-refractivity contribution in [3.05, 3.63) is 0 Å². The Morgan fingerprint density at radius 3 is 3.05 bits per heavy atom. The molecule has 3 heterocycles. The van der Waals surface area contributed by atoms with E-state index in [0.717, 1.165) is 39.0 Å². The molecule has 3 aliphatic heterocycles. The minimum absolute atomic E-state index is 0.189. The first-order valence-electron chi connectivity index (χ1n) is 8.16. The molecule has 1 amide bonds. The Labute approximate surface area is 120 Å². The van der Waals surface area contributed by atoms with Crippen LogP contribution in [0.2, 0.25) is 0 Å². The molecule has 1 saturated carbocycles. The lowest BCUT2D eigenvalue weighted by molar-refractivity contribution is -0.134. The highest BCUT2D eigenvalue weighted by Gasteiger charge is 2.58. The van der Waals surface area contributed by atoms with Gasteiger partial charge in [-0.15, -0.1) is 0 Å². The lowest BCUT2D eigenvalue weighted by Crippen LogP contribution is -2.52. The van der Waals surface area contributed by atoms with E-state index in [9.17, 15) is 4.79 Å². The van der Waals surface area contributed by atoms with Gasteiger partial charge in [0.1, 0.15) is 0 Å². The van der Waals surface area contributed by atoms with Crippen LogP contribution in [0.3, 0.4) is 0 Å². The first-order chi connectivity index (χ1) is 9.72. The highest BCUT2D eigenvalue weighted by atomic mass is 16.5. The molecule has 1 spiro atoms. The van der Waals surface area contributed by atoms with Crippen molar-refractivity contribution in [3.63, 3.8) is 0 Å². The predicted molar refractivity (Wildman–Crippen MR) is 75.2 cm³/mol. The molecule has 5 heteroatoms. The van der Waals surface area contributed by atoms with Crippen LogP contribution in [0.1, 0.15) is 39.0 Å². The van der Waals surface area contributed by atoms with E-state index in [1.54, 1.807) is 0 Å². The minimum Gasteiger partial charge on any atom is -0.373 e. The molecule has 0 aromatic heterocycles. The van der Waals surface area contributed by atoms with Crippen molar-refractivity contribution >= 4 is 5.91 Å². The molecular formula is C15H25N3O2. The number of amides is 1. The monoisotopic (exact) mass is 279 g/mol. The molecule has 3 saturated heterocycles. The predicted octanol–water partition coefficient (Wildman–Crippen LogP) is 0.550. The fourth-order valence-electron chi connectivity index (χ4n) is 4.11. The first kappa shape index (κ1) is 13.0. The van der Waals surface area contributed by atoms with E-state index in [4.69, 9.17) is 4.74 Å². The van der Waals surface area contributed by atoms with Crippen molar-refractivity contribution in [2.75, 3.05) is 26.2 Å². The molecule has 0 radical (unpaired) electrons. The summed E-state index contributed by atoms with van der Waals surface area (Å²) in [4.78, 5) is 17.2. The first-order valence-corrected chi connectivity index (χ1v) is 8.16. The van der Waals surface area contributed by atoms with Gasteiger partial charge in [-0.2, -0.15) is 0 Å². The van der Waals surface area contributed by atoms with Crippen LogP contribution in [0.5, 0.6) is 0 Å². The molecule has 5 nitrogen and oxygen atoms in total. The van der Waals surface area contributed by atoms with Crippen LogP contribution in [-0.2, 0) is 9.53 Å². The second-order valence-corrected chi connectivity index (χ2v) is 6.85. The summed E-state index contributed by atoms with van der Waals surface area (Å²) in [5.41, 5.74) is -0.189. The lowest BCUT2D eigenvalue weighted by atomic mass is 10.1. The highest BCUT2D eigenvalue weighted by Crippen LogP contribution is 2.42. The quantitative estimate of drug-likeness (QED) is 0.819. The molecular weight excluding hydrogens is 254 g/mol. The van der Waals surface area contributed by atoms with Gasteiger partial charge in [-0.25, -0.2) is 0 Å². The smallest absolute Gasteiger partial charge is 0.244 e. The number of ether oxygens (including phenoxy) is 1. The summed E-state index contributed by atoms with van der Waals surface area (Å²) in [6.45, 7) is 5.96. The molecule has 0 aromatic rings. The molecule has 1 aliphatic carbocycles. The van der Waals surface area contributed by atoms with E-state index in [2.05, 4.69) is 17.1 Å². The molecule has 3 atom stereocenters. The zero-order valence-electron chi connectivity index (χ0n) is 12.3. The van der Waals surface area contributed by atoms with Gasteiger partial charge in [0, 0.05) is 19.1 Å². The average molecular weight is 279 g/mol. The van der Waals surface area contributed by atoms with Crippen LogP contribution in [-0.4, -0.2) is 65.8 Å². The van der Waals surface area contributed by atoms with Gasteiger partial charge in [0.25, 0.3) is 0 Å². The van der Waals surface area contributed by atoms with Crippen LogP contribution in [0, 0.1) is 0 Å². The van der Waals surface area contributed by atoms with Gasteiger partial charge in [0.15, 0.2) is 0 Å². The number of nitrogens with one attached hydrogen (secondary N) is 1. The third-order valence-electron chi connectivity index (χ3n) is 5.49. The molecule has 4 fully saturated rings. The molecule has 3 unspecified atom stereocenters. The molecule has 1 N–H and O–H groups in total. The van der Waals surface area contributed by atoms with E-state index in [-0.39, 0.29) is 17.8 Å². The fraction of sp³-hybridized carbons (Fsp3) is 0.933. The molecule has 0 bridgehead atoms. The fourth-order valence-corrected chi connectivity index (χ4v) is 4.11.